The average Bonchev–Trinajstić information content (AvgIpc) is 2.35. The van der Waals surface area contributed by atoms with Crippen molar-refractivity contribution in [2.24, 2.45) is 0 Å². The predicted octanol–water partition coefficient (Wildman–Crippen LogP) is 3.09. The Morgan fingerprint density at radius 2 is 1.95 bits per heavy atom. The van der Waals surface area contributed by atoms with Crippen LogP contribution in [-0.4, -0.2) is 26.2 Å². The Kier molecular flexibility index (Phi) is 5.20. The van der Waals surface area contributed by atoms with Gasteiger partial charge in [0, 0.05) is 19.3 Å². The van der Waals surface area contributed by atoms with E-state index >= 15 is 0 Å². The van der Waals surface area contributed by atoms with E-state index in [0.717, 1.165) is 6.07 Å². The fourth-order valence-corrected chi connectivity index (χ4v) is 1.66. The molecule has 1 rings (SSSR count). The Balaban J connectivity index is 2.77. The van der Waals surface area contributed by atoms with Gasteiger partial charge in [0.05, 0.1) is 18.6 Å². The number of rotatable bonds is 5. The maximum absolute atomic E-state index is 12.8. The molecule has 0 bridgehead atoms. The number of halogens is 3. The van der Waals surface area contributed by atoms with Crippen LogP contribution in [0, 0.1) is 0 Å². The van der Waals surface area contributed by atoms with Crippen molar-refractivity contribution in [1.29, 1.82) is 0 Å². The molecule has 0 radical (unpaired) electrons. The maximum Gasteiger partial charge on any atom is 0.418 e. The molecule has 0 heterocycles. The monoisotopic (exact) mass is 275 g/mol. The smallest absolute Gasteiger partial charge is 0.418 e. The van der Waals surface area contributed by atoms with Gasteiger partial charge in [0.25, 0.3) is 0 Å². The fraction of sp³-hybridized carbons (Fsp3) is 0.462. The molecule has 0 saturated carbocycles. The third kappa shape index (κ3) is 4.46. The number of hydrogen-bond donors (Lipinski definition) is 0. The van der Waals surface area contributed by atoms with E-state index < -0.39 is 17.7 Å². The Labute approximate surface area is 110 Å². The van der Waals surface area contributed by atoms with Crippen molar-refractivity contribution in [1.82, 2.24) is 0 Å². The summed E-state index contributed by atoms with van der Waals surface area (Å²) in [6, 6.07) is 5.28. The van der Waals surface area contributed by atoms with E-state index in [0.29, 0.717) is 0 Å². The minimum atomic E-state index is -4.41. The van der Waals surface area contributed by atoms with Crippen LogP contribution in [0.1, 0.15) is 18.9 Å². The molecule has 0 aliphatic rings. The van der Waals surface area contributed by atoms with Crippen LogP contribution in [0.15, 0.2) is 24.3 Å². The van der Waals surface area contributed by atoms with Crippen LogP contribution in [0.2, 0.25) is 0 Å². The molecule has 106 valence electrons. The summed E-state index contributed by atoms with van der Waals surface area (Å²) in [5.74, 6) is -0.418. The van der Waals surface area contributed by atoms with Crippen molar-refractivity contribution < 1.29 is 22.7 Å². The Hall–Kier alpha value is -1.72. The van der Waals surface area contributed by atoms with Crippen LogP contribution in [0.25, 0.3) is 0 Å². The highest BCUT2D eigenvalue weighted by atomic mass is 19.4. The largest absolute Gasteiger partial charge is 0.466 e. The van der Waals surface area contributed by atoms with Gasteiger partial charge in [-0.25, -0.2) is 0 Å². The second-order valence-corrected chi connectivity index (χ2v) is 3.99. The molecule has 0 aromatic heterocycles. The van der Waals surface area contributed by atoms with Crippen LogP contribution in [0.4, 0.5) is 18.9 Å². The van der Waals surface area contributed by atoms with Crippen molar-refractivity contribution in [3.63, 3.8) is 0 Å². The number of alkyl halides is 3. The molecule has 3 nitrogen and oxygen atoms in total. The number of anilines is 1. The number of carbonyl (C=O) groups excluding carboxylic acids is 1. The maximum atomic E-state index is 12.8. The first-order valence-corrected chi connectivity index (χ1v) is 5.89. The minimum Gasteiger partial charge on any atom is -0.466 e. The number of para-hydroxylation sites is 1. The molecule has 0 unspecified atom stereocenters. The van der Waals surface area contributed by atoms with Gasteiger partial charge >= 0.3 is 12.1 Å². The van der Waals surface area contributed by atoms with Crippen LogP contribution in [-0.2, 0) is 15.7 Å². The highest BCUT2D eigenvalue weighted by molar-refractivity contribution is 5.70. The van der Waals surface area contributed by atoms with E-state index in [2.05, 4.69) is 0 Å². The Bertz CT molecular complexity index is 432. The molecule has 1 aromatic rings. The standard InChI is InChI=1S/C13H16F3NO2/c1-3-19-12(18)8-9-17(2)11-7-5-4-6-10(11)13(14,15)16/h4-7H,3,8-9H2,1-2H3. The van der Waals surface area contributed by atoms with E-state index in [9.17, 15) is 18.0 Å². The van der Waals surface area contributed by atoms with Gasteiger partial charge in [-0.15, -0.1) is 0 Å². The summed E-state index contributed by atoms with van der Waals surface area (Å²) in [6.45, 7) is 2.12. The molecular weight excluding hydrogens is 259 g/mol. The fourth-order valence-electron chi connectivity index (χ4n) is 1.66. The lowest BCUT2D eigenvalue weighted by molar-refractivity contribution is -0.142. The van der Waals surface area contributed by atoms with E-state index in [1.807, 2.05) is 0 Å². The summed E-state index contributed by atoms with van der Waals surface area (Å²) in [6.07, 6.45) is -4.36. The third-order valence-electron chi connectivity index (χ3n) is 2.58. The van der Waals surface area contributed by atoms with Crippen LogP contribution in [0.5, 0.6) is 0 Å². The molecule has 1 aromatic carbocycles. The normalized spacial score (nSPS) is 11.2. The highest BCUT2D eigenvalue weighted by Crippen LogP contribution is 2.35. The van der Waals surface area contributed by atoms with Crippen molar-refractivity contribution >= 4 is 11.7 Å². The third-order valence-corrected chi connectivity index (χ3v) is 2.58. The van der Waals surface area contributed by atoms with Crippen LogP contribution in [0.3, 0.4) is 0 Å². The minimum absolute atomic E-state index is 0.0521. The number of carbonyl (C=O) groups is 1. The number of hydrogen-bond acceptors (Lipinski definition) is 3. The Morgan fingerprint density at radius 3 is 2.53 bits per heavy atom. The van der Waals surface area contributed by atoms with Gasteiger partial charge in [-0.1, -0.05) is 12.1 Å². The van der Waals surface area contributed by atoms with Crippen molar-refractivity contribution in [3.05, 3.63) is 29.8 Å². The summed E-state index contributed by atoms with van der Waals surface area (Å²) in [5, 5.41) is 0. The van der Waals surface area contributed by atoms with Crippen LogP contribution < -0.4 is 4.90 Å². The zero-order valence-corrected chi connectivity index (χ0v) is 10.8. The number of nitrogens with zero attached hydrogens (tertiary/aromatic N) is 1. The lowest BCUT2D eigenvalue weighted by Crippen LogP contribution is -2.24. The van der Waals surface area contributed by atoms with E-state index in [1.54, 1.807) is 6.92 Å². The molecule has 0 fully saturated rings. The highest BCUT2D eigenvalue weighted by Gasteiger charge is 2.34. The van der Waals surface area contributed by atoms with E-state index in [-0.39, 0.29) is 25.3 Å². The summed E-state index contributed by atoms with van der Waals surface area (Å²) in [5.41, 5.74) is -0.652. The SMILES string of the molecule is CCOC(=O)CCN(C)c1ccccc1C(F)(F)F. The van der Waals surface area contributed by atoms with Gasteiger partial charge in [0.15, 0.2) is 0 Å². The second kappa shape index (κ2) is 6.45. The van der Waals surface area contributed by atoms with Crippen molar-refractivity contribution in [2.45, 2.75) is 19.5 Å². The molecule has 0 amide bonds. The zero-order valence-electron chi connectivity index (χ0n) is 10.8. The second-order valence-electron chi connectivity index (χ2n) is 3.99. The van der Waals surface area contributed by atoms with Crippen molar-refractivity contribution in [3.8, 4) is 0 Å². The lowest BCUT2D eigenvalue weighted by Gasteiger charge is -2.23. The summed E-state index contributed by atoms with van der Waals surface area (Å²) in [7, 11) is 1.52. The first-order chi connectivity index (χ1) is 8.86. The number of benzene rings is 1. The van der Waals surface area contributed by atoms with E-state index in [1.165, 1.54) is 30.1 Å². The van der Waals surface area contributed by atoms with Gasteiger partial charge in [-0.3, -0.25) is 4.79 Å². The molecule has 0 spiro atoms. The predicted molar refractivity (Wildman–Crippen MR) is 66.0 cm³/mol. The van der Waals surface area contributed by atoms with Crippen LogP contribution >= 0.6 is 0 Å². The van der Waals surface area contributed by atoms with Gasteiger partial charge in [0.1, 0.15) is 0 Å². The van der Waals surface area contributed by atoms with Crippen molar-refractivity contribution in [2.75, 3.05) is 25.1 Å². The molecule has 0 aliphatic heterocycles. The Morgan fingerprint density at radius 1 is 1.32 bits per heavy atom. The first-order valence-electron chi connectivity index (χ1n) is 5.89. The summed E-state index contributed by atoms with van der Waals surface area (Å²) >= 11 is 0. The van der Waals surface area contributed by atoms with Gasteiger partial charge in [-0.2, -0.15) is 13.2 Å². The molecule has 6 heteroatoms. The van der Waals surface area contributed by atoms with Gasteiger partial charge in [0.2, 0.25) is 0 Å². The average molecular weight is 275 g/mol. The quantitative estimate of drug-likeness (QED) is 0.773. The number of esters is 1. The van der Waals surface area contributed by atoms with E-state index in [4.69, 9.17) is 4.74 Å². The molecule has 19 heavy (non-hydrogen) atoms. The molecule has 0 aliphatic carbocycles. The molecular formula is C13H16F3NO2. The molecule has 0 saturated heterocycles. The van der Waals surface area contributed by atoms with Gasteiger partial charge in [-0.05, 0) is 19.1 Å². The number of ether oxygens (including phenoxy) is 1. The lowest BCUT2D eigenvalue weighted by atomic mass is 10.1. The first kappa shape index (κ1) is 15.3. The molecule has 0 atom stereocenters. The zero-order chi connectivity index (χ0) is 14.5. The summed E-state index contributed by atoms with van der Waals surface area (Å²) in [4.78, 5) is 12.6. The topological polar surface area (TPSA) is 29.5 Å². The molecule has 0 N–H and O–H groups in total. The summed E-state index contributed by atoms with van der Waals surface area (Å²) < 4.78 is 43.2. The van der Waals surface area contributed by atoms with Gasteiger partial charge < -0.3 is 9.64 Å².